The standard InChI is InChI=1S/C18H26N2/c1-5-9-15(4)20-13-17(16-10-7-6-8-11-16)19-12-18(20)14(2)3/h1,6-8,10-11,14-15,17-19H,9,12-13H2,2-4H3. The molecular formula is C18H26N2. The van der Waals surface area contributed by atoms with Crippen LogP contribution in [0.5, 0.6) is 0 Å². The highest BCUT2D eigenvalue weighted by molar-refractivity contribution is 5.20. The molecule has 0 aliphatic carbocycles. The molecule has 108 valence electrons. The first-order chi connectivity index (χ1) is 9.63. The van der Waals surface area contributed by atoms with Crippen LogP contribution >= 0.6 is 0 Å². The van der Waals surface area contributed by atoms with Crippen LogP contribution in [-0.2, 0) is 0 Å². The molecule has 20 heavy (non-hydrogen) atoms. The summed E-state index contributed by atoms with van der Waals surface area (Å²) in [6.45, 7) is 8.92. The molecule has 0 amide bonds. The summed E-state index contributed by atoms with van der Waals surface area (Å²) < 4.78 is 0. The molecule has 1 saturated heterocycles. The van der Waals surface area contributed by atoms with Gasteiger partial charge in [-0.3, -0.25) is 4.90 Å². The van der Waals surface area contributed by atoms with E-state index in [0.717, 1.165) is 19.5 Å². The average molecular weight is 270 g/mol. The van der Waals surface area contributed by atoms with Crippen LogP contribution in [0.3, 0.4) is 0 Å². The SMILES string of the molecule is C#CCC(C)N1CC(c2ccccc2)NCC1C(C)C. The molecule has 3 unspecified atom stereocenters. The zero-order valence-electron chi connectivity index (χ0n) is 12.8. The number of hydrogen-bond acceptors (Lipinski definition) is 2. The van der Waals surface area contributed by atoms with E-state index in [4.69, 9.17) is 6.42 Å². The molecule has 0 spiro atoms. The maximum Gasteiger partial charge on any atom is 0.0450 e. The summed E-state index contributed by atoms with van der Waals surface area (Å²) >= 11 is 0. The van der Waals surface area contributed by atoms with Crippen molar-refractivity contribution in [3.05, 3.63) is 35.9 Å². The highest BCUT2D eigenvalue weighted by Gasteiger charge is 2.32. The first-order valence-corrected chi connectivity index (χ1v) is 7.61. The van der Waals surface area contributed by atoms with E-state index in [-0.39, 0.29) is 0 Å². The fraction of sp³-hybridized carbons (Fsp3) is 0.556. The summed E-state index contributed by atoms with van der Waals surface area (Å²) in [7, 11) is 0. The van der Waals surface area contributed by atoms with E-state index in [2.05, 4.69) is 67.2 Å². The molecule has 1 aromatic rings. The van der Waals surface area contributed by atoms with Crippen molar-refractivity contribution in [2.45, 2.75) is 45.3 Å². The fourth-order valence-electron chi connectivity index (χ4n) is 3.11. The Morgan fingerprint density at radius 1 is 1.30 bits per heavy atom. The zero-order chi connectivity index (χ0) is 14.5. The molecule has 3 atom stereocenters. The van der Waals surface area contributed by atoms with E-state index in [9.17, 15) is 0 Å². The van der Waals surface area contributed by atoms with Crippen molar-refractivity contribution in [3.63, 3.8) is 0 Å². The minimum absolute atomic E-state index is 0.409. The van der Waals surface area contributed by atoms with Crippen molar-refractivity contribution >= 4 is 0 Å². The Hall–Kier alpha value is -1.30. The summed E-state index contributed by atoms with van der Waals surface area (Å²) in [4.78, 5) is 2.60. The van der Waals surface area contributed by atoms with Crippen LogP contribution in [0.4, 0.5) is 0 Å². The number of nitrogens with zero attached hydrogens (tertiary/aromatic N) is 1. The number of hydrogen-bond donors (Lipinski definition) is 1. The third-order valence-electron chi connectivity index (χ3n) is 4.34. The van der Waals surface area contributed by atoms with Crippen molar-refractivity contribution in [2.75, 3.05) is 13.1 Å². The van der Waals surface area contributed by atoms with E-state index in [0.29, 0.717) is 24.0 Å². The second-order valence-corrected chi connectivity index (χ2v) is 6.14. The van der Waals surface area contributed by atoms with Gasteiger partial charge in [-0.2, -0.15) is 0 Å². The Bertz CT molecular complexity index is 446. The minimum atomic E-state index is 0.409. The lowest BCUT2D eigenvalue weighted by Gasteiger charge is -2.45. The van der Waals surface area contributed by atoms with Crippen LogP contribution in [0.1, 0.15) is 38.8 Å². The largest absolute Gasteiger partial charge is 0.307 e. The second-order valence-electron chi connectivity index (χ2n) is 6.14. The summed E-state index contributed by atoms with van der Waals surface area (Å²) in [6, 6.07) is 12.1. The molecule has 0 radical (unpaired) electrons. The molecule has 2 rings (SSSR count). The van der Waals surface area contributed by atoms with Gasteiger partial charge < -0.3 is 5.32 Å². The van der Waals surface area contributed by atoms with Gasteiger partial charge >= 0.3 is 0 Å². The highest BCUT2D eigenvalue weighted by Crippen LogP contribution is 2.25. The summed E-state index contributed by atoms with van der Waals surface area (Å²) in [5, 5.41) is 3.70. The van der Waals surface area contributed by atoms with E-state index < -0.39 is 0 Å². The molecule has 0 aromatic heterocycles. The second kappa shape index (κ2) is 6.92. The lowest BCUT2D eigenvalue weighted by molar-refractivity contribution is 0.0639. The predicted molar refractivity (Wildman–Crippen MR) is 85.4 cm³/mol. The summed E-state index contributed by atoms with van der Waals surface area (Å²) in [5.41, 5.74) is 1.37. The Morgan fingerprint density at radius 3 is 2.60 bits per heavy atom. The van der Waals surface area contributed by atoms with Gasteiger partial charge in [0.15, 0.2) is 0 Å². The molecule has 1 N–H and O–H groups in total. The third-order valence-corrected chi connectivity index (χ3v) is 4.34. The van der Waals surface area contributed by atoms with Crippen LogP contribution in [0.25, 0.3) is 0 Å². The molecule has 1 aliphatic rings. The maximum atomic E-state index is 5.51. The van der Waals surface area contributed by atoms with Crippen molar-refractivity contribution in [2.24, 2.45) is 5.92 Å². The van der Waals surface area contributed by atoms with Gasteiger partial charge in [0.25, 0.3) is 0 Å². The van der Waals surface area contributed by atoms with Gasteiger partial charge in [0.1, 0.15) is 0 Å². The van der Waals surface area contributed by atoms with E-state index in [1.807, 2.05) is 0 Å². The highest BCUT2D eigenvalue weighted by atomic mass is 15.3. The average Bonchev–Trinajstić information content (AvgIpc) is 2.47. The third kappa shape index (κ3) is 3.42. The molecule has 0 saturated carbocycles. The number of benzene rings is 1. The first-order valence-electron chi connectivity index (χ1n) is 7.61. The molecular weight excluding hydrogens is 244 g/mol. The molecule has 1 heterocycles. The van der Waals surface area contributed by atoms with Gasteiger partial charge in [0, 0.05) is 37.6 Å². The normalized spacial score (nSPS) is 25.4. The Morgan fingerprint density at radius 2 is 2.00 bits per heavy atom. The van der Waals surface area contributed by atoms with Crippen LogP contribution in [0.2, 0.25) is 0 Å². The smallest absolute Gasteiger partial charge is 0.0450 e. The summed E-state index contributed by atoms with van der Waals surface area (Å²) in [6.07, 6.45) is 6.34. The van der Waals surface area contributed by atoms with Gasteiger partial charge in [-0.15, -0.1) is 12.3 Å². The van der Waals surface area contributed by atoms with Gasteiger partial charge in [-0.1, -0.05) is 44.2 Å². The van der Waals surface area contributed by atoms with Crippen LogP contribution in [0, 0.1) is 18.3 Å². The van der Waals surface area contributed by atoms with Crippen LogP contribution in [0.15, 0.2) is 30.3 Å². The van der Waals surface area contributed by atoms with E-state index in [1.165, 1.54) is 5.56 Å². The molecule has 1 aromatic carbocycles. The molecule has 2 nitrogen and oxygen atoms in total. The molecule has 2 heteroatoms. The number of piperazine rings is 1. The Labute approximate surface area is 123 Å². The minimum Gasteiger partial charge on any atom is -0.307 e. The van der Waals surface area contributed by atoms with Gasteiger partial charge in [0.05, 0.1) is 0 Å². The lowest BCUT2D eigenvalue weighted by atomic mass is 9.93. The van der Waals surface area contributed by atoms with Gasteiger partial charge in [-0.05, 0) is 18.4 Å². The number of rotatable bonds is 4. The van der Waals surface area contributed by atoms with E-state index >= 15 is 0 Å². The van der Waals surface area contributed by atoms with E-state index in [1.54, 1.807) is 0 Å². The van der Waals surface area contributed by atoms with Gasteiger partial charge in [-0.25, -0.2) is 0 Å². The fourth-order valence-corrected chi connectivity index (χ4v) is 3.11. The van der Waals surface area contributed by atoms with Crippen molar-refractivity contribution in [1.29, 1.82) is 0 Å². The quantitative estimate of drug-likeness (QED) is 0.846. The Balaban J connectivity index is 2.14. The van der Waals surface area contributed by atoms with Crippen molar-refractivity contribution < 1.29 is 0 Å². The monoisotopic (exact) mass is 270 g/mol. The van der Waals surface area contributed by atoms with Crippen molar-refractivity contribution in [3.8, 4) is 12.3 Å². The topological polar surface area (TPSA) is 15.3 Å². The maximum absolute atomic E-state index is 5.51. The number of nitrogens with one attached hydrogen (secondary N) is 1. The lowest BCUT2D eigenvalue weighted by Crippen LogP contribution is -2.57. The molecule has 1 aliphatic heterocycles. The van der Waals surface area contributed by atoms with Crippen molar-refractivity contribution in [1.82, 2.24) is 10.2 Å². The predicted octanol–water partition coefficient (Wildman–Crippen LogP) is 3.07. The zero-order valence-corrected chi connectivity index (χ0v) is 12.8. The van der Waals surface area contributed by atoms with Crippen LogP contribution in [-0.4, -0.2) is 30.1 Å². The number of terminal acetylenes is 1. The molecule has 1 fully saturated rings. The summed E-state index contributed by atoms with van der Waals surface area (Å²) in [5.74, 6) is 3.46. The first kappa shape index (κ1) is 15.1. The van der Waals surface area contributed by atoms with Gasteiger partial charge in [0.2, 0.25) is 0 Å². The van der Waals surface area contributed by atoms with Crippen LogP contribution < -0.4 is 5.32 Å². The Kier molecular flexibility index (Phi) is 5.23. The molecule has 0 bridgehead atoms.